The number of carboxylic acid groups (broad SMARTS) is 1. The number of aliphatic hydroxyl groups is 1. The normalized spacial score (nSPS) is 12.9. The molecule has 0 aliphatic heterocycles. The molecule has 0 atom stereocenters. The van der Waals surface area contributed by atoms with E-state index in [-0.39, 0.29) is 12.0 Å². The van der Waals surface area contributed by atoms with Gasteiger partial charge in [0.25, 0.3) is 0 Å². The summed E-state index contributed by atoms with van der Waals surface area (Å²) in [5.41, 5.74) is 0.942. The molecule has 0 aromatic heterocycles. The van der Waals surface area contributed by atoms with E-state index in [2.05, 4.69) is 19.2 Å². The van der Waals surface area contributed by atoms with Crippen molar-refractivity contribution in [2.75, 3.05) is 19.7 Å². The average molecular weight is 229 g/mol. The lowest BCUT2D eigenvalue weighted by molar-refractivity contribution is -0.131. The van der Waals surface area contributed by atoms with Gasteiger partial charge in [0.2, 0.25) is 0 Å². The van der Waals surface area contributed by atoms with Crippen LogP contribution in [0.5, 0.6) is 0 Å². The highest BCUT2D eigenvalue weighted by Gasteiger charge is 2.16. The number of nitrogens with one attached hydrogen (secondary N) is 1. The summed E-state index contributed by atoms with van der Waals surface area (Å²) >= 11 is 0. The van der Waals surface area contributed by atoms with Crippen LogP contribution in [0.15, 0.2) is 11.6 Å². The van der Waals surface area contributed by atoms with Crippen molar-refractivity contribution in [1.82, 2.24) is 5.32 Å². The predicted octanol–water partition coefficient (Wildman–Crippen LogP) is 1.41. The first kappa shape index (κ1) is 15.1. The van der Waals surface area contributed by atoms with Crippen LogP contribution in [0.1, 0.15) is 33.6 Å². The second-order valence-electron chi connectivity index (χ2n) is 4.92. The number of carbonyl (C=O) groups is 1. The summed E-state index contributed by atoms with van der Waals surface area (Å²) < 4.78 is 0. The number of hydrogen-bond acceptors (Lipinski definition) is 3. The van der Waals surface area contributed by atoms with Crippen LogP contribution in [0.2, 0.25) is 0 Å². The van der Waals surface area contributed by atoms with Crippen LogP contribution < -0.4 is 5.32 Å². The van der Waals surface area contributed by atoms with E-state index in [1.54, 1.807) is 6.92 Å². The molecule has 0 aromatic carbocycles. The van der Waals surface area contributed by atoms with E-state index in [9.17, 15) is 4.79 Å². The Morgan fingerprint density at radius 1 is 1.44 bits per heavy atom. The van der Waals surface area contributed by atoms with Gasteiger partial charge in [0.05, 0.1) is 0 Å². The zero-order valence-electron chi connectivity index (χ0n) is 10.4. The molecule has 0 bridgehead atoms. The Bertz CT molecular complexity index is 247. The van der Waals surface area contributed by atoms with Gasteiger partial charge in [-0.1, -0.05) is 19.4 Å². The summed E-state index contributed by atoms with van der Waals surface area (Å²) in [6.45, 7) is 7.69. The Kier molecular flexibility index (Phi) is 7.01. The van der Waals surface area contributed by atoms with Gasteiger partial charge in [0.15, 0.2) is 0 Å². The lowest BCUT2D eigenvalue weighted by Gasteiger charge is -2.24. The van der Waals surface area contributed by atoms with E-state index in [1.165, 1.54) is 6.08 Å². The highest BCUT2D eigenvalue weighted by molar-refractivity contribution is 5.80. The molecular formula is C12H23NO3. The largest absolute Gasteiger partial charge is 0.478 e. The Morgan fingerprint density at radius 2 is 2.06 bits per heavy atom. The van der Waals surface area contributed by atoms with Crippen molar-refractivity contribution in [3.05, 3.63) is 11.6 Å². The number of aliphatic carboxylic acids is 1. The molecule has 0 saturated heterocycles. The van der Waals surface area contributed by atoms with Gasteiger partial charge in [-0.3, -0.25) is 0 Å². The van der Waals surface area contributed by atoms with Crippen molar-refractivity contribution in [2.24, 2.45) is 5.41 Å². The summed E-state index contributed by atoms with van der Waals surface area (Å²) in [6, 6.07) is 0. The van der Waals surface area contributed by atoms with Crippen LogP contribution >= 0.6 is 0 Å². The van der Waals surface area contributed by atoms with Crippen LogP contribution in [0.3, 0.4) is 0 Å². The molecule has 0 saturated carbocycles. The minimum atomic E-state index is -0.904. The Balaban J connectivity index is 3.84. The molecule has 0 rings (SSSR count). The zero-order chi connectivity index (χ0) is 12.6. The minimum absolute atomic E-state index is 0.131. The summed E-state index contributed by atoms with van der Waals surface area (Å²) in [6.07, 6.45) is 2.98. The number of rotatable bonds is 8. The maximum Gasteiger partial charge on any atom is 0.328 e. The molecule has 94 valence electrons. The number of hydrogen-bond donors (Lipinski definition) is 3. The molecule has 0 aromatic rings. The van der Waals surface area contributed by atoms with Gasteiger partial charge in [0, 0.05) is 25.8 Å². The molecule has 0 aliphatic rings. The van der Waals surface area contributed by atoms with Crippen LogP contribution in [-0.4, -0.2) is 35.9 Å². The second-order valence-corrected chi connectivity index (χ2v) is 4.92. The van der Waals surface area contributed by atoms with Gasteiger partial charge in [0.1, 0.15) is 0 Å². The fraction of sp³-hybridized carbons (Fsp3) is 0.750. The van der Waals surface area contributed by atoms with Gasteiger partial charge >= 0.3 is 5.97 Å². The Morgan fingerprint density at radius 3 is 2.56 bits per heavy atom. The molecule has 0 aliphatic carbocycles. The van der Waals surface area contributed by atoms with Crippen molar-refractivity contribution in [3.63, 3.8) is 0 Å². The van der Waals surface area contributed by atoms with Gasteiger partial charge < -0.3 is 15.5 Å². The van der Waals surface area contributed by atoms with Gasteiger partial charge in [-0.25, -0.2) is 4.79 Å². The molecule has 4 nitrogen and oxygen atoms in total. The first-order chi connectivity index (χ1) is 7.37. The van der Waals surface area contributed by atoms with Crippen LogP contribution in [0.4, 0.5) is 0 Å². The van der Waals surface area contributed by atoms with Gasteiger partial charge in [-0.15, -0.1) is 0 Å². The van der Waals surface area contributed by atoms with Crippen LogP contribution in [0.25, 0.3) is 0 Å². The SMILES string of the molecule is CC(=CC(=O)O)CNCC(C)(C)CCCO. The Labute approximate surface area is 97.4 Å². The van der Waals surface area contributed by atoms with Crippen molar-refractivity contribution in [2.45, 2.75) is 33.6 Å². The third kappa shape index (κ3) is 8.44. The maximum absolute atomic E-state index is 10.4. The fourth-order valence-electron chi connectivity index (χ4n) is 1.51. The molecule has 3 N–H and O–H groups in total. The highest BCUT2D eigenvalue weighted by Crippen LogP contribution is 2.20. The Hall–Kier alpha value is -0.870. The van der Waals surface area contributed by atoms with Gasteiger partial charge in [-0.05, 0) is 25.2 Å². The second kappa shape index (κ2) is 7.41. The first-order valence-electron chi connectivity index (χ1n) is 5.59. The predicted molar refractivity (Wildman–Crippen MR) is 64.4 cm³/mol. The van der Waals surface area contributed by atoms with E-state index >= 15 is 0 Å². The van der Waals surface area contributed by atoms with E-state index < -0.39 is 5.97 Å². The quantitative estimate of drug-likeness (QED) is 0.550. The summed E-state index contributed by atoms with van der Waals surface area (Å²) in [5, 5.41) is 20.5. The van der Waals surface area contributed by atoms with E-state index in [0.717, 1.165) is 25.0 Å². The zero-order valence-corrected chi connectivity index (χ0v) is 10.4. The standard InChI is InChI=1S/C12H23NO3/c1-10(7-11(15)16)8-13-9-12(2,3)5-4-6-14/h7,13-14H,4-6,8-9H2,1-3H3,(H,15,16). The van der Waals surface area contributed by atoms with Crippen LogP contribution in [0, 0.1) is 5.41 Å². The lowest BCUT2D eigenvalue weighted by Crippen LogP contribution is -2.30. The highest BCUT2D eigenvalue weighted by atomic mass is 16.4. The molecule has 0 radical (unpaired) electrons. The molecule has 4 heteroatoms. The van der Waals surface area contributed by atoms with E-state index in [4.69, 9.17) is 10.2 Å². The summed E-state index contributed by atoms with van der Waals surface area (Å²) in [4.78, 5) is 10.4. The van der Waals surface area contributed by atoms with Crippen molar-refractivity contribution < 1.29 is 15.0 Å². The third-order valence-electron chi connectivity index (χ3n) is 2.39. The average Bonchev–Trinajstić information content (AvgIpc) is 2.13. The third-order valence-corrected chi connectivity index (χ3v) is 2.39. The number of aliphatic hydroxyl groups excluding tert-OH is 1. The molecule has 0 heterocycles. The molecule has 0 unspecified atom stereocenters. The maximum atomic E-state index is 10.4. The monoisotopic (exact) mass is 229 g/mol. The molecule has 0 fully saturated rings. The summed E-state index contributed by atoms with van der Waals surface area (Å²) in [5.74, 6) is -0.904. The minimum Gasteiger partial charge on any atom is -0.478 e. The summed E-state index contributed by atoms with van der Waals surface area (Å²) in [7, 11) is 0. The van der Waals surface area contributed by atoms with Crippen LogP contribution in [-0.2, 0) is 4.79 Å². The first-order valence-corrected chi connectivity index (χ1v) is 5.59. The molecule has 0 amide bonds. The van der Waals surface area contributed by atoms with Crippen molar-refractivity contribution in [3.8, 4) is 0 Å². The molecule has 0 spiro atoms. The fourth-order valence-corrected chi connectivity index (χ4v) is 1.51. The van der Waals surface area contributed by atoms with E-state index in [1.807, 2.05) is 0 Å². The molecule has 16 heavy (non-hydrogen) atoms. The van der Waals surface area contributed by atoms with Crippen molar-refractivity contribution in [1.29, 1.82) is 0 Å². The molecular weight excluding hydrogens is 206 g/mol. The van der Waals surface area contributed by atoms with Gasteiger partial charge in [-0.2, -0.15) is 0 Å². The number of carboxylic acids is 1. The van der Waals surface area contributed by atoms with E-state index in [0.29, 0.717) is 6.54 Å². The smallest absolute Gasteiger partial charge is 0.328 e. The van der Waals surface area contributed by atoms with Crippen molar-refractivity contribution >= 4 is 5.97 Å². The lowest BCUT2D eigenvalue weighted by atomic mass is 9.88. The topological polar surface area (TPSA) is 69.6 Å².